The molecule has 0 atom stereocenters. The molecular weight excluding hydrogens is 336 g/mol. The van der Waals surface area contributed by atoms with Gasteiger partial charge in [-0.2, -0.15) is 0 Å². The van der Waals surface area contributed by atoms with Crippen molar-refractivity contribution in [2.45, 2.75) is 13.5 Å². The standard InChI is InChI=1S/C19H17ClN4O/c1-13-5-4-6-14(11-13)12-22-19-21-10-9-17(24-19)18(25)23-16-8-3-2-7-15(16)20/h2-11H,12H2,1H3,(H,23,25)(H,21,22,24). The highest BCUT2D eigenvalue weighted by molar-refractivity contribution is 6.33. The van der Waals surface area contributed by atoms with Crippen molar-refractivity contribution in [3.05, 3.63) is 82.6 Å². The molecule has 1 aromatic heterocycles. The summed E-state index contributed by atoms with van der Waals surface area (Å²) in [7, 11) is 0. The van der Waals surface area contributed by atoms with Crippen LogP contribution in [0.5, 0.6) is 0 Å². The second kappa shape index (κ2) is 7.77. The zero-order chi connectivity index (χ0) is 17.6. The van der Waals surface area contributed by atoms with E-state index in [2.05, 4.69) is 26.7 Å². The van der Waals surface area contributed by atoms with E-state index in [1.165, 1.54) is 5.56 Å². The van der Waals surface area contributed by atoms with E-state index >= 15 is 0 Å². The molecule has 25 heavy (non-hydrogen) atoms. The van der Waals surface area contributed by atoms with Crippen LogP contribution in [0.15, 0.2) is 60.8 Å². The van der Waals surface area contributed by atoms with E-state index in [-0.39, 0.29) is 11.6 Å². The van der Waals surface area contributed by atoms with Crippen LogP contribution in [0.1, 0.15) is 21.6 Å². The number of benzene rings is 2. The Morgan fingerprint density at radius 2 is 1.96 bits per heavy atom. The van der Waals surface area contributed by atoms with Crippen molar-refractivity contribution >= 4 is 29.1 Å². The Hall–Kier alpha value is -2.92. The smallest absolute Gasteiger partial charge is 0.274 e. The fraction of sp³-hybridized carbons (Fsp3) is 0.105. The number of hydrogen-bond acceptors (Lipinski definition) is 4. The lowest BCUT2D eigenvalue weighted by atomic mass is 10.1. The molecule has 0 aliphatic carbocycles. The third kappa shape index (κ3) is 4.55. The average molecular weight is 353 g/mol. The predicted octanol–water partition coefficient (Wildman–Crippen LogP) is 4.30. The predicted molar refractivity (Wildman–Crippen MR) is 99.9 cm³/mol. The maximum absolute atomic E-state index is 12.3. The largest absolute Gasteiger partial charge is 0.350 e. The molecule has 5 nitrogen and oxygen atoms in total. The number of rotatable bonds is 5. The molecule has 1 heterocycles. The molecule has 2 aromatic carbocycles. The summed E-state index contributed by atoms with van der Waals surface area (Å²) in [6.45, 7) is 2.62. The molecule has 2 N–H and O–H groups in total. The molecular formula is C19H17ClN4O. The van der Waals surface area contributed by atoms with E-state index in [1.807, 2.05) is 25.1 Å². The Morgan fingerprint density at radius 1 is 1.12 bits per heavy atom. The van der Waals surface area contributed by atoms with Gasteiger partial charge in [0.2, 0.25) is 5.95 Å². The summed E-state index contributed by atoms with van der Waals surface area (Å²) in [5.41, 5.74) is 3.12. The molecule has 0 spiro atoms. The van der Waals surface area contributed by atoms with Crippen LogP contribution in [0, 0.1) is 6.92 Å². The third-order valence-electron chi connectivity index (χ3n) is 3.54. The molecule has 3 aromatic rings. The first-order valence-electron chi connectivity index (χ1n) is 7.80. The minimum absolute atomic E-state index is 0.265. The summed E-state index contributed by atoms with van der Waals surface area (Å²) in [4.78, 5) is 20.8. The molecule has 0 bridgehead atoms. The maximum Gasteiger partial charge on any atom is 0.274 e. The third-order valence-corrected chi connectivity index (χ3v) is 3.87. The number of aryl methyl sites for hydroxylation is 1. The Kier molecular flexibility index (Phi) is 5.26. The zero-order valence-corrected chi connectivity index (χ0v) is 14.4. The minimum Gasteiger partial charge on any atom is -0.350 e. The van der Waals surface area contributed by atoms with Gasteiger partial charge in [-0.1, -0.05) is 53.6 Å². The van der Waals surface area contributed by atoms with Gasteiger partial charge in [0.05, 0.1) is 10.7 Å². The Balaban J connectivity index is 1.68. The Bertz CT molecular complexity index is 898. The van der Waals surface area contributed by atoms with Crippen LogP contribution in [0.4, 0.5) is 11.6 Å². The lowest BCUT2D eigenvalue weighted by molar-refractivity contribution is 0.102. The fourth-order valence-corrected chi connectivity index (χ4v) is 2.51. The number of nitrogens with zero attached hydrogens (tertiary/aromatic N) is 2. The number of hydrogen-bond donors (Lipinski definition) is 2. The molecule has 0 saturated heterocycles. The summed E-state index contributed by atoms with van der Waals surface area (Å²) < 4.78 is 0. The average Bonchev–Trinajstić information content (AvgIpc) is 2.62. The van der Waals surface area contributed by atoms with E-state index in [4.69, 9.17) is 11.6 Å². The lowest BCUT2D eigenvalue weighted by Gasteiger charge is -2.08. The van der Waals surface area contributed by atoms with E-state index in [0.29, 0.717) is 23.2 Å². The first-order chi connectivity index (χ1) is 12.1. The highest BCUT2D eigenvalue weighted by Gasteiger charge is 2.10. The van der Waals surface area contributed by atoms with E-state index in [1.54, 1.807) is 36.5 Å². The van der Waals surface area contributed by atoms with Crippen LogP contribution in [0.25, 0.3) is 0 Å². The molecule has 3 rings (SSSR count). The van der Waals surface area contributed by atoms with Gasteiger partial charge in [-0.05, 0) is 30.7 Å². The van der Waals surface area contributed by atoms with E-state index < -0.39 is 0 Å². The Morgan fingerprint density at radius 3 is 2.76 bits per heavy atom. The van der Waals surface area contributed by atoms with Crippen LogP contribution in [0.3, 0.4) is 0 Å². The number of aromatic nitrogens is 2. The van der Waals surface area contributed by atoms with Gasteiger partial charge < -0.3 is 10.6 Å². The van der Waals surface area contributed by atoms with Crippen molar-refractivity contribution in [3.8, 4) is 0 Å². The lowest BCUT2D eigenvalue weighted by Crippen LogP contribution is -2.15. The molecule has 126 valence electrons. The first-order valence-corrected chi connectivity index (χ1v) is 8.18. The summed E-state index contributed by atoms with van der Waals surface area (Å²) >= 11 is 6.06. The van der Waals surface area contributed by atoms with Gasteiger partial charge in [-0.25, -0.2) is 9.97 Å². The second-order valence-electron chi connectivity index (χ2n) is 5.54. The normalized spacial score (nSPS) is 10.3. The SMILES string of the molecule is Cc1cccc(CNc2nccc(C(=O)Nc3ccccc3Cl)n2)c1. The molecule has 1 amide bonds. The van der Waals surface area contributed by atoms with Crippen molar-refractivity contribution in [2.24, 2.45) is 0 Å². The molecule has 0 radical (unpaired) electrons. The monoisotopic (exact) mass is 352 g/mol. The van der Waals surface area contributed by atoms with Gasteiger partial charge in [0.1, 0.15) is 5.69 Å². The van der Waals surface area contributed by atoms with Crippen LogP contribution < -0.4 is 10.6 Å². The fourth-order valence-electron chi connectivity index (χ4n) is 2.32. The van der Waals surface area contributed by atoms with E-state index in [9.17, 15) is 4.79 Å². The van der Waals surface area contributed by atoms with Gasteiger partial charge in [-0.15, -0.1) is 0 Å². The molecule has 6 heteroatoms. The molecule has 0 unspecified atom stereocenters. The van der Waals surface area contributed by atoms with Crippen LogP contribution in [-0.4, -0.2) is 15.9 Å². The van der Waals surface area contributed by atoms with Gasteiger partial charge in [0.15, 0.2) is 0 Å². The summed E-state index contributed by atoms with van der Waals surface area (Å²) in [6.07, 6.45) is 1.55. The van der Waals surface area contributed by atoms with Gasteiger partial charge in [-0.3, -0.25) is 4.79 Å². The van der Waals surface area contributed by atoms with Crippen molar-refractivity contribution in [3.63, 3.8) is 0 Å². The number of para-hydroxylation sites is 1. The highest BCUT2D eigenvalue weighted by Crippen LogP contribution is 2.21. The van der Waals surface area contributed by atoms with Crippen LogP contribution in [-0.2, 0) is 6.54 Å². The zero-order valence-electron chi connectivity index (χ0n) is 13.7. The van der Waals surface area contributed by atoms with E-state index in [0.717, 1.165) is 5.56 Å². The summed E-state index contributed by atoms with van der Waals surface area (Å²) in [5.74, 6) is 0.0578. The number of halogens is 1. The highest BCUT2D eigenvalue weighted by atomic mass is 35.5. The molecule has 0 fully saturated rings. The molecule has 0 aliphatic rings. The number of anilines is 2. The van der Waals surface area contributed by atoms with Crippen molar-refractivity contribution in [1.29, 1.82) is 0 Å². The number of nitrogens with one attached hydrogen (secondary N) is 2. The molecule has 0 saturated carbocycles. The minimum atomic E-state index is -0.339. The topological polar surface area (TPSA) is 66.9 Å². The van der Waals surface area contributed by atoms with Crippen molar-refractivity contribution in [2.75, 3.05) is 10.6 Å². The molecule has 0 aliphatic heterocycles. The van der Waals surface area contributed by atoms with Gasteiger partial charge in [0, 0.05) is 12.7 Å². The van der Waals surface area contributed by atoms with Crippen molar-refractivity contribution < 1.29 is 4.79 Å². The second-order valence-corrected chi connectivity index (χ2v) is 5.95. The number of carbonyl (C=O) groups excluding carboxylic acids is 1. The quantitative estimate of drug-likeness (QED) is 0.718. The first kappa shape index (κ1) is 16.9. The van der Waals surface area contributed by atoms with Crippen LogP contribution in [0.2, 0.25) is 5.02 Å². The van der Waals surface area contributed by atoms with Crippen molar-refractivity contribution in [1.82, 2.24) is 9.97 Å². The summed E-state index contributed by atoms with van der Waals surface area (Å²) in [5, 5.41) is 6.35. The summed E-state index contributed by atoms with van der Waals surface area (Å²) in [6, 6.07) is 16.8. The van der Waals surface area contributed by atoms with Crippen LogP contribution >= 0.6 is 11.6 Å². The maximum atomic E-state index is 12.3. The van der Waals surface area contributed by atoms with Gasteiger partial charge >= 0.3 is 0 Å². The number of amides is 1. The number of carbonyl (C=O) groups is 1. The van der Waals surface area contributed by atoms with Gasteiger partial charge in [0.25, 0.3) is 5.91 Å². The Labute approximate surface area is 151 Å².